The first kappa shape index (κ1) is 15.0. The fourth-order valence-corrected chi connectivity index (χ4v) is 2.55. The summed E-state index contributed by atoms with van der Waals surface area (Å²) >= 11 is 5.90. The van der Waals surface area contributed by atoms with E-state index in [0.29, 0.717) is 11.4 Å². The molecule has 0 saturated carbocycles. The maximum atomic E-state index is 9.84. The Bertz CT molecular complexity index is 574. The molecule has 0 aliphatic heterocycles. The van der Waals surface area contributed by atoms with Gasteiger partial charge in [-0.3, -0.25) is 4.68 Å². The highest BCUT2D eigenvalue weighted by molar-refractivity contribution is 6.30. The van der Waals surface area contributed by atoms with Gasteiger partial charge in [-0.15, -0.1) is 0 Å². The number of aliphatic hydroxyl groups is 2. The Balaban J connectivity index is 2.39. The zero-order valence-electron chi connectivity index (χ0n) is 11.7. The van der Waals surface area contributed by atoms with Crippen LogP contribution in [0.4, 0.5) is 0 Å². The summed E-state index contributed by atoms with van der Waals surface area (Å²) in [7, 11) is 1.86. The summed E-state index contributed by atoms with van der Waals surface area (Å²) in [6.07, 6.45) is 0.513. The van der Waals surface area contributed by atoms with E-state index in [1.165, 1.54) is 0 Å². The maximum absolute atomic E-state index is 9.84. The average molecular weight is 295 g/mol. The van der Waals surface area contributed by atoms with Gasteiger partial charge in [-0.1, -0.05) is 23.7 Å². The van der Waals surface area contributed by atoms with Crippen molar-refractivity contribution in [3.63, 3.8) is 0 Å². The standard InChI is InChI=1S/C15H19ClN2O2/c1-11-7-14(18(2)17-11)8-15(9-19,10-20)12-3-5-13(16)6-4-12/h3-7,19-20H,8-10H2,1-2H3. The number of nitrogens with zero attached hydrogens (tertiary/aromatic N) is 2. The van der Waals surface area contributed by atoms with Crippen molar-refractivity contribution in [1.82, 2.24) is 9.78 Å². The number of aliphatic hydroxyl groups excluding tert-OH is 2. The van der Waals surface area contributed by atoms with Gasteiger partial charge in [0.05, 0.1) is 18.9 Å². The summed E-state index contributed by atoms with van der Waals surface area (Å²) in [5, 5.41) is 24.6. The van der Waals surface area contributed by atoms with Crippen LogP contribution in [0.2, 0.25) is 5.02 Å². The van der Waals surface area contributed by atoms with Crippen LogP contribution in [-0.4, -0.2) is 33.2 Å². The van der Waals surface area contributed by atoms with Crippen LogP contribution in [0, 0.1) is 6.92 Å². The largest absolute Gasteiger partial charge is 0.395 e. The van der Waals surface area contributed by atoms with Gasteiger partial charge in [0, 0.05) is 29.6 Å². The Morgan fingerprint density at radius 3 is 2.25 bits per heavy atom. The molecule has 2 rings (SSSR count). The van der Waals surface area contributed by atoms with Crippen LogP contribution >= 0.6 is 11.6 Å². The average Bonchev–Trinajstić information content (AvgIpc) is 2.75. The van der Waals surface area contributed by atoms with E-state index in [0.717, 1.165) is 17.0 Å². The first-order valence-corrected chi connectivity index (χ1v) is 6.86. The first-order valence-electron chi connectivity index (χ1n) is 6.48. The van der Waals surface area contributed by atoms with Gasteiger partial charge in [0.25, 0.3) is 0 Å². The monoisotopic (exact) mass is 294 g/mol. The molecule has 1 aromatic heterocycles. The third kappa shape index (κ3) is 2.87. The minimum absolute atomic E-state index is 0.143. The van der Waals surface area contributed by atoms with Crippen LogP contribution < -0.4 is 0 Å². The summed E-state index contributed by atoms with van der Waals surface area (Å²) in [4.78, 5) is 0. The molecule has 2 aromatic rings. The highest BCUT2D eigenvalue weighted by Gasteiger charge is 2.32. The second-order valence-corrected chi connectivity index (χ2v) is 5.62. The van der Waals surface area contributed by atoms with Crippen LogP contribution in [0.5, 0.6) is 0 Å². The summed E-state index contributed by atoms with van der Waals surface area (Å²) in [6.45, 7) is 1.64. The summed E-state index contributed by atoms with van der Waals surface area (Å²) in [5.41, 5.74) is 2.03. The second kappa shape index (κ2) is 5.95. The molecular weight excluding hydrogens is 276 g/mol. The van der Waals surface area contributed by atoms with Crippen molar-refractivity contribution in [2.75, 3.05) is 13.2 Å². The molecule has 0 amide bonds. The molecule has 0 spiro atoms. The highest BCUT2D eigenvalue weighted by Crippen LogP contribution is 2.29. The molecule has 0 aliphatic rings. The molecule has 0 unspecified atom stereocenters. The maximum Gasteiger partial charge on any atom is 0.0596 e. The van der Waals surface area contributed by atoms with Crippen molar-refractivity contribution in [3.05, 3.63) is 52.3 Å². The van der Waals surface area contributed by atoms with E-state index < -0.39 is 5.41 Å². The summed E-state index contributed by atoms with van der Waals surface area (Å²) in [6, 6.07) is 9.20. The molecular formula is C15H19ClN2O2. The van der Waals surface area contributed by atoms with E-state index in [2.05, 4.69) is 5.10 Å². The number of hydrogen-bond acceptors (Lipinski definition) is 3. The number of benzene rings is 1. The van der Waals surface area contributed by atoms with E-state index >= 15 is 0 Å². The van der Waals surface area contributed by atoms with Crippen molar-refractivity contribution in [2.45, 2.75) is 18.8 Å². The zero-order valence-corrected chi connectivity index (χ0v) is 12.4. The first-order chi connectivity index (χ1) is 9.50. The molecule has 1 aromatic carbocycles. The minimum Gasteiger partial charge on any atom is -0.395 e. The Kier molecular flexibility index (Phi) is 4.48. The number of aromatic nitrogens is 2. The molecule has 1 heterocycles. The van der Waals surface area contributed by atoms with Crippen molar-refractivity contribution in [3.8, 4) is 0 Å². The van der Waals surface area contributed by atoms with Crippen molar-refractivity contribution in [2.24, 2.45) is 7.05 Å². The van der Waals surface area contributed by atoms with Crippen molar-refractivity contribution in [1.29, 1.82) is 0 Å². The van der Waals surface area contributed by atoms with E-state index in [1.807, 2.05) is 32.2 Å². The molecule has 108 valence electrons. The fraction of sp³-hybridized carbons (Fsp3) is 0.400. The number of hydrogen-bond donors (Lipinski definition) is 2. The lowest BCUT2D eigenvalue weighted by atomic mass is 9.78. The van der Waals surface area contributed by atoms with Gasteiger partial charge < -0.3 is 10.2 Å². The summed E-state index contributed by atoms with van der Waals surface area (Å²) < 4.78 is 1.78. The molecule has 0 saturated heterocycles. The molecule has 0 radical (unpaired) electrons. The quantitative estimate of drug-likeness (QED) is 0.885. The molecule has 0 aliphatic carbocycles. The lowest BCUT2D eigenvalue weighted by molar-refractivity contribution is 0.114. The predicted molar refractivity (Wildman–Crippen MR) is 79.0 cm³/mol. The van der Waals surface area contributed by atoms with Crippen LogP contribution in [0.25, 0.3) is 0 Å². The van der Waals surface area contributed by atoms with E-state index in [1.54, 1.807) is 16.8 Å². The highest BCUT2D eigenvalue weighted by atomic mass is 35.5. The van der Waals surface area contributed by atoms with Crippen molar-refractivity contribution >= 4 is 11.6 Å². The molecule has 0 fully saturated rings. The molecule has 0 atom stereocenters. The van der Waals surface area contributed by atoms with Gasteiger partial charge in [0.15, 0.2) is 0 Å². The van der Waals surface area contributed by atoms with Crippen LogP contribution in [-0.2, 0) is 18.9 Å². The Morgan fingerprint density at radius 1 is 1.20 bits per heavy atom. The topological polar surface area (TPSA) is 58.3 Å². The molecule has 4 nitrogen and oxygen atoms in total. The number of rotatable bonds is 5. The fourth-order valence-electron chi connectivity index (χ4n) is 2.43. The predicted octanol–water partition coefficient (Wildman–Crippen LogP) is 1.85. The number of halogens is 1. The molecule has 0 bridgehead atoms. The van der Waals surface area contributed by atoms with Gasteiger partial charge in [0.2, 0.25) is 0 Å². The van der Waals surface area contributed by atoms with Crippen LogP contribution in [0.15, 0.2) is 30.3 Å². The lowest BCUT2D eigenvalue weighted by Crippen LogP contribution is -2.37. The Morgan fingerprint density at radius 2 is 1.80 bits per heavy atom. The normalized spacial score (nSPS) is 11.8. The Labute approximate surface area is 123 Å². The van der Waals surface area contributed by atoms with Crippen LogP contribution in [0.3, 0.4) is 0 Å². The van der Waals surface area contributed by atoms with Crippen LogP contribution in [0.1, 0.15) is 17.0 Å². The van der Waals surface area contributed by atoms with Gasteiger partial charge >= 0.3 is 0 Å². The summed E-state index contributed by atoms with van der Waals surface area (Å²) in [5.74, 6) is 0. The van der Waals surface area contributed by atoms with Gasteiger partial charge in [-0.05, 0) is 30.7 Å². The SMILES string of the molecule is Cc1cc(CC(CO)(CO)c2ccc(Cl)cc2)n(C)n1. The third-order valence-corrected chi connectivity index (χ3v) is 3.93. The third-order valence-electron chi connectivity index (χ3n) is 3.68. The number of aryl methyl sites for hydroxylation is 2. The van der Waals surface area contributed by atoms with Gasteiger partial charge in [-0.2, -0.15) is 5.10 Å². The minimum atomic E-state index is -0.731. The lowest BCUT2D eigenvalue weighted by Gasteiger charge is -2.30. The smallest absolute Gasteiger partial charge is 0.0596 e. The molecule has 2 N–H and O–H groups in total. The molecule has 20 heavy (non-hydrogen) atoms. The van der Waals surface area contributed by atoms with E-state index in [-0.39, 0.29) is 13.2 Å². The van der Waals surface area contributed by atoms with Crippen molar-refractivity contribution < 1.29 is 10.2 Å². The zero-order chi connectivity index (χ0) is 14.8. The molecule has 5 heteroatoms. The van der Waals surface area contributed by atoms with E-state index in [9.17, 15) is 10.2 Å². The Hall–Kier alpha value is -1.36. The second-order valence-electron chi connectivity index (χ2n) is 5.18. The van der Waals surface area contributed by atoms with Gasteiger partial charge in [-0.25, -0.2) is 0 Å². The van der Waals surface area contributed by atoms with E-state index in [4.69, 9.17) is 11.6 Å². The van der Waals surface area contributed by atoms with Gasteiger partial charge in [0.1, 0.15) is 0 Å².